The van der Waals surface area contributed by atoms with Gasteiger partial charge in [0, 0.05) is 18.6 Å². The molecule has 2 nitrogen and oxygen atoms in total. The Bertz CT molecular complexity index is 402. The van der Waals surface area contributed by atoms with Gasteiger partial charge in [-0.25, -0.2) is 0 Å². The van der Waals surface area contributed by atoms with Gasteiger partial charge in [0.25, 0.3) is 0 Å². The fourth-order valence-corrected chi connectivity index (χ4v) is 3.45. The van der Waals surface area contributed by atoms with Gasteiger partial charge >= 0.3 is 0 Å². The fourth-order valence-electron chi connectivity index (χ4n) is 3.45. The van der Waals surface area contributed by atoms with Crippen LogP contribution in [0.25, 0.3) is 0 Å². The summed E-state index contributed by atoms with van der Waals surface area (Å²) in [4.78, 5) is 2.63. The molecule has 0 bridgehead atoms. The summed E-state index contributed by atoms with van der Waals surface area (Å²) in [5.74, 6) is 0.731. The maximum Gasteiger partial charge on any atom is 0.0236 e. The van der Waals surface area contributed by atoms with Crippen molar-refractivity contribution in [3.63, 3.8) is 0 Å². The minimum absolute atomic E-state index is 0.440. The molecule has 1 saturated carbocycles. The van der Waals surface area contributed by atoms with Crippen LogP contribution in [0, 0.1) is 5.92 Å². The summed E-state index contributed by atoms with van der Waals surface area (Å²) in [5.41, 5.74) is 8.93. The number of nitrogens with zero attached hydrogens (tertiary/aromatic N) is 1. The van der Waals surface area contributed by atoms with E-state index in [1.165, 1.54) is 43.2 Å². The van der Waals surface area contributed by atoms with E-state index >= 15 is 0 Å². The zero-order valence-electron chi connectivity index (χ0n) is 14.0. The Labute approximate surface area is 130 Å². The third-order valence-electron chi connectivity index (χ3n) is 4.72. The molecule has 0 aliphatic heterocycles. The quantitative estimate of drug-likeness (QED) is 0.858. The Kier molecular flexibility index (Phi) is 6.25. The van der Waals surface area contributed by atoms with Gasteiger partial charge in [0.15, 0.2) is 0 Å². The minimum Gasteiger partial charge on any atom is -0.328 e. The van der Waals surface area contributed by atoms with Crippen molar-refractivity contribution < 1.29 is 0 Å². The molecule has 2 rings (SSSR count). The molecule has 2 N–H and O–H groups in total. The van der Waals surface area contributed by atoms with Crippen LogP contribution in [0.4, 0.5) is 0 Å². The van der Waals surface area contributed by atoms with Crippen LogP contribution in [0.1, 0.15) is 57.6 Å². The third-order valence-corrected chi connectivity index (χ3v) is 4.72. The van der Waals surface area contributed by atoms with Crippen molar-refractivity contribution >= 4 is 0 Å². The highest BCUT2D eigenvalue weighted by atomic mass is 15.1. The molecule has 0 radical (unpaired) electrons. The molecule has 0 unspecified atom stereocenters. The second kappa shape index (κ2) is 7.95. The lowest BCUT2D eigenvalue weighted by molar-refractivity contribution is 0.149. The summed E-state index contributed by atoms with van der Waals surface area (Å²) < 4.78 is 0. The van der Waals surface area contributed by atoms with Gasteiger partial charge in [-0.3, -0.25) is 4.90 Å². The molecular formula is C19H32N2. The first-order valence-corrected chi connectivity index (χ1v) is 8.66. The standard InChI is InChI=1S/C19H32N2/c1-4-21(19-11-9-18(20)10-12-19)14-17-7-5-16(6-8-17)13-15(2)3/h5-8,15,18-19H,4,9-14,20H2,1-3H3. The molecule has 118 valence electrons. The molecule has 1 aliphatic rings. The van der Waals surface area contributed by atoms with Crippen molar-refractivity contribution in [2.45, 2.75) is 71.5 Å². The highest BCUT2D eigenvalue weighted by Crippen LogP contribution is 2.23. The van der Waals surface area contributed by atoms with Crippen LogP contribution in [0.15, 0.2) is 24.3 Å². The van der Waals surface area contributed by atoms with Crippen LogP contribution in [0.5, 0.6) is 0 Å². The third kappa shape index (κ3) is 5.12. The zero-order valence-corrected chi connectivity index (χ0v) is 14.0. The molecular weight excluding hydrogens is 256 g/mol. The average molecular weight is 288 g/mol. The van der Waals surface area contributed by atoms with Gasteiger partial charge in [-0.2, -0.15) is 0 Å². The number of hydrogen-bond acceptors (Lipinski definition) is 2. The van der Waals surface area contributed by atoms with E-state index in [1.54, 1.807) is 0 Å². The Hall–Kier alpha value is -0.860. The molecule has 1 aromatic rings. The van der Waals surface area contributed by atoms with E-state index in [4.69, 9.17) is 5.73 Å². The average Bonchev–Trinajstić information content (AvgIpc) is 2.47. The normalized spacial score (nSPS) is 23.0. The summed E-state index contributed by atoms with van der Waals surface area (Å²) in [7, 11) is 0. The predicted molar refractivity (Wildman–Crippen MR) is 91.3 cm³/mol. The monoisotopic (exact) mass is 288 g/mol. The fraction of sp³-hybridized carbons (Fsp3) is 0.684. The Morgan fingerprint density at radius 2 is 1.62 bits per heavy atom. The number of benzene rings is 1. The lowest BCUT2D eigenvalue weighted by Crippen LogP contribution is -2.40. The van der Waals surface area contributed by atoms with Crippen LogP contribution in [0.3, 0.4) is 0 Å². The van der Waals surface area contributed by atoms with Crippen molar-refractivity contribution in [1.29, 1.82) is 0 Å². The smallest absolute Gasteiger partial charge is 0.0236 e. The summed E-state index contributed by atoms with van der Waals surface area (Å²) in [5, 5.41) is 0. The summed E-state index contributed by atoms with van der Waals surface area (Å²) in [6, 6.07) is 10.4. The molecule has 2 heteroatoms. The maximum absolute atomic E-state index is 6.03. The van der Waals surface area contributed by atoms with E-state index in [0.29, 0.717) is 6.04 Å². The molecule has 1 fully saturated rings. The Balaban J connectivity index is 1.92. The van der Waals surface area contributed by atoms with Crippen LogP contribution in [-0.4, -0.2) is 23.5 Å². The number of hydrogen-bond donors (Lipinski definition) is 1. The van der Waals surface area contributed by atoms with E-state index in [9.17, 15) is 0 Å². The Morgan fingerprint density at radius 1 is 1.05 bits per heavy atom. The lowest BCUT2D eigenvalue weighted by atomic mass is 9.90. The van der Waals surface area contributed by atoms with Crippen LogP contribution >= 0.6 is 0 Å². The maximum atomic E-state index is 6.03. The van der Waals surface area contributed by atoms with Gasteiger partial charge in [-0.1, -0.05) is 45.0 Å². The largest absolute Gasteiger partial charge is 0.328 e. The van der Waals surface area contributed by atoms with E-state index in [-0.39, 0.29) is 0 Å². The first-order chi connectivity index (χ1) is 10.1. The molecule has 0 atom stereocenters. The second-order valence-electron chi connectivity index (χ2n) is 7.05. The van der Waals surface area contributed by atoms with Gasteiger partial charge in [-0.15, -0.1) is 0 Å². The molecule has 0 aromatic heterocycles. The zero-order chi connectivity index (χ0) is 15.2. The van der Waals surface area contributed by atoms with E-state index in [0.717, 1.165) is 25.0 Å². The number of nitrogens with two attached hydrogens (primary N) is 1. The van der Waals surface area contributed by atoms with Crippen molar-refractivity contribution in [2.24, 2.45) is 11.7 Å². The highest BCUT2D eigenvalue weighted by Gasteiger charge is 2.23. The van der Waals surface area contributed by atoms with Gasteiger partial charge in [-0.05, 0) is 55.7 Å². The van der Waals surface area contributed by atoms with Gasteiger partial charge < -0.3 is 5.73 Å². The predicted octanol–water partition coefficient (Wildman–Crippen LogP) is 3.98. The molecule has 0 amide bonds. The summed E-state index contributed by atoms with van der Waals surface area (Å²) in [6.07, 6.45) is 6.09. The molecule has 21 heavy (non-hydrogen) atoms. The molecule has 1 aliphatic carbocycles. The summed E-state index contributed by atoms with van der Waals surface area (Å²) in [6.45, 7) is 9.05. The highest BCUT2D eigenvalue weighted by molar-refractivity contribution is 5.23. The number of rotatable bonds is 6. The van der Waals surface area contributed by atoms with E-state index in [1.807, 2.05) is 0 Å². The minimum atomic E-state index is 0.440. The SMILES string of the molecule is CCN(Cc1ccc(CC(C)C)cc1)C1CCC(N)CC1. The van der Waals surface area contributed by atoms with Crippen molar-refractivity contribution in [3.05, 3.63) is 35.4 Å². The molecule has 0 saturated heterocycles. The first kappa shape index (κ1) is 16.5. The van der Waals surface area contributed by atoms with Gasteiger partial charge in [0.05, 0.1) is 0 Å². The van der Waals surface area contributed by atoms with Crippen molar-refractivity contribution in [3.8, 4) is 0 Å². The van der Waals surface area contributed by atoms with E-state index in [2.05, 4.69) is 49.9 Å². The first-order valence-electron chi connectivity index (χ1n) is 8.66. The van der Waals surface area contributed by atoms with Crippen molar-refractivity contribution in [1.82, 2.24) is 4.90 Å². The summed E-state index contributed by atoms with van der Waals surface area (Å²) >= 11 is 0. The molecule has 1 aromatic carbocycles. The molecule has 0 spiro atoms. The topological polar surface area (TPSA) is 29.3 Å². The van der Waals surface area contributed by atoms with Crippen LogP contribution in [0.2, 0.25) is 0 Å². The van der Waals surface area contributed by atoms with Crippen molar-refractivity contribution in [2.75, 3.05) is 6.54 Å². The lowest BCUT2D eigenvalue weighted by Gasteiger charge is -2.35. The second-order valence-corrected chi connectivity index (χ2v) is 7.05. The Morgan fingerprint density at radius 3 is 2.14 bits per heavy atom. The van der Waals surface area contributed by atoms with Gasteiger partial charge in [0.1, 0.15) is 0 Å². The van der Waals surface area contributed by atoms with E-state index < -0.39 is 0 Å². The molecule has 0 heterocycles. The van der Waals surface area contributed by atoms with Gasteiger partial charge in [0.2, 0.25) is 0 Å². The van der Waals surface area contributed by atoms with Crippen LogP contribution < -0.4 is 5.73 Å². The van der Waals surface area contributed by atoms with Crippen LogP contribution in [-0.2, 0) is 13.0 Å².